The van der Waals surface area contributed by atoms with Crippen LogP contribution in [0.5, 0.6) is 0 Å². The summed E-state index contributed by atoms with van der Waals surface area (Å²) in [6.45, 7) is 0. The van der Waals surface area contributed by atoms with Gasteiger partial charge < -0.3 is 10.0 Å². The molecule has 0 bridgehead atoms. The van der Waals surface area contributed by atoms with E-state index in [2.05, 4.69) is 22.0 Å². The van der Waals surface area contributed by atoms with Gasteiger partial charge in [-0.3, -0.25) is 4.79 Å². The Morgan fingerprint density at radius 3 is 2.69 bits per heavy atom. The highest BCUT2D eigenvalue weighted by Crippen LogP contribution is 2.26. The highest BCUT2D eigenvalue weighted by atomic mass is 79.9. The van der Waals surface area contributed by atoms with Crippen molar-refractivity contribution in [3.63, 3.8) is 0 Å². The molecule has 0 aliphatic rings. The molecule has 88 valence electrons. The van der Waals surface area contributed by atoms with E-state index in [1.165, 1.54) is 5.56 Å². The average molecular weight is 286 g/mol. The van der Waals surface area contributed by atoms with Crippen molar-refractivity contribution in [2.24, 2.45) is 0 Å². The van der Waals surface area contributed by atoms with E-state index in [1.54, 1.807) is 0 Å². The van der Waals surface area contributed by atoms with Crippen molar-refractivity contribution in [3.05, 3.63) is 28.2 Å². The lowest BCUT2D eigenvalue weighted by atomic mass is 10.1. The Kier molecular flexibility index (Phi) is 4.80. The molecule has 1 rings (SSSR count). The molecule has 0 aromatic heterocycles. The van der Waals surface area contributed by atoms with Crippen LogP contribution in [0.3, 0.4) is 0 Å². The molecule has 1 aromatic rings. The molecule has 0 aliphatic heterocycles. The quantitative estimate of drug-likeness (QED) is 0.904. The van der Waals surface area contributed by atoms with E-state index < -0.39 is 5.97 Å². The van der Waals surface area contributed by atoms with Gasteiger partial charge in [0.1, 0.15) is 0 Å². The van der Waals surface area contributed by atoms with Gasteiger partial charge in [0.25, 0.3) is 0 Å². The van der Waals surface area contributed by atoms with Crippen LogP contribution in [0.2, 0.25) is 0 Å². The predicted octanol–water partition coefficient (Wildman–Crippen LogP) is 2.92. The number of carboxylic acid groups (broad SMARTS) is 1. The van der Waals surface area contributed by atoms with Gasteiger partial charge in [-0.05, 0) is 46.5 Å². The van der Waals surface area contributed by atoms with Gasteiger partial charge in [0.2, 0.25) is 0 Å². The van der Waals surface area contributed by atoms with Gasteiger partial charge in [-0.15, -0.1) is 0 Å². The van der Waals surface area contributed by atoms with E-state index >= 15 is 0 Å². The Bertz CT molecular complexity index is 377. The third-order valence-corrected chi connectivity index (χ3v) is 3.02. The molecular formula is C12H16BrNO2. The summed E-state index contributed by atoms with van der Waals surface area (Å²) in [4.78, 5) is 12.4. The maximum Gasteiger partial charge on any atom is 0.303 e. The van der Waals surface area contributed by atoms with Crippen LogP contribution in [-0.2, 0) is 11.2 Å². The molecule has 0 saturated carbocycles. The number of carboxylic acids is 1. The van der Waals surface area contributed by atoms with Gasteiger partial charge in [-0.25, -0.2) is 0 Å². The maximum absolute atomic E-state index is 10.4. The number of carbonyl (C=O) groups is 1. The molecule has 0 aliphatic carbocycles. The predicted molar refractivity (Wildman–Crippen MR) is 69.0 cm³/mol. The second kappa shape index (κ2) is 5.89. The van der Waals surface area contributed by atoms with E-state index in [0.717, 1.165) is 16.6 Å². The highest BCUT2D eigenvalue weighted by molar-refractivity contribution is 9.10. The van der Waals surface area contributed by atoms with Gasteiger partial charge in [-0.1, -0.05) is 6.07 Å². The zero-order valence-corrected chi connectivity index (χ0v) is 11.1. The van der Waals surface area contributed by atoms with Gasteiger partial charge in [0, 0.05) is 25.0 Å². The number of rotatable bonds is 5. The van der Waals surface area contributed by atoms with Gasteiger partial charge >= 0.3 is 5.97 Å². The summed E-state index contributed by atoms with van der Waals surface area (Å²) >= 11 is 3.49. The van der Waals surface area contributed by atoms with Gasteiger partial charge in [0.15, 0.2) is 0 Å². The van der Waals surface area contributed by atoms with Crippen LogP contribution in [0, 0.1) is 0 Å². The smallest absolute Gasteiger partial charge is 0.303 e. The topological polar surface area (TPSA) is 40.5 Å². The number of aliphatic carboxylic acids is 1. The van der Waals surface area contributed by atoms with Crippen molar-refractivity contribution in [2.45, 2.75) is 19.3 Å². The third-order valence-electron chi connectivity index (χ3n) is 2.35. The molecule has 3 nitrogen and oxygen atoms in total. The van der Waals surface area contributed by atoms with Crippen molar-refractivity contribution in [2.75, 3.05) is 19.0 Å². The Morgan fingerprint density at radius 1 is 1.44 bits per heavy atom. The molecule has 0 amide bonds. The van der Waals surface area contributed by atoms with Crippen molar-refractivity contribution >= 4 is 27.6 Å². The Balaban J connectivity index is 2.67. The zero-order chi connectivity index (χ0) is 12.1. The number of hydrogen-bond donors (Lipinski definition) is 1. The first-order valence-electron chi connectivity index (χ1n) is 5.18. The summed E-state index contributed by atoms with van der Waals surface area (Å²) in [5.41, 5.74) is 2.29. The SMILES string of the molecule is CN(C)c1cc(CCCC(=O)O)ccc1Br. The highest BCUT2D eigenvalue weighted by Gasteiger charge is 2.04. The van der Waals surface area contributed by atoms with Crippen molar-refractivity contribution in [1.29, 1.82) is 0 Å². The van der Waals surface area contributed by atoms with Crippen LogP contribution in [0.4, 0.5) is 5.69 Å². The number of hydrogen-bond acceptors (Lipinski definition) is 2. The largest absolute Gasteiger partial charge is 0.481 e. The fourth-order valence-electron chi connectivity index (χ4n) is 1.50. The third kappa shape index (κ3) is 3.85. The van der Waals surface area contributed by atoms with Gasteiger partial charge in [0.05, 0.1) is 5.69 Å². The first-order chi connectivity index (χ1) is 7.50. The first-order valence-corrected chi connectivity index (χ1v) is 5.97. The molecule has 0 saturated heterocycles. The molecule has 0 spiro atoms. The van der Waals surface area contributed by atoms with Crippen molar-refractivity contribution in [3.8, 4) is 0 Å². The summed E-state index contributed by atoms with van der Waals surface area (Å²) in [7, 11) is 3.97. The molecule has 0 heterocycles. The Morgan fingerprint density at radius 2 is 2.12 bits per heavy atom. The fourth-order valence-corrected chi connectivity index (χ4v) is 2.10. The van der Waals surface area contributed by atoms with E-state index in [-0.39, 0.29) is 6.42 Å². The Labute approximate surface area is 104 Å². The molecule has 0 atom stereocenters. The molecule has 0 fully saturated rings. The molecule has 1 N–H and O–H groups in total. The lowest BCUT2D eigenvalue weighted by Crippen LogP contribution is -2.09. The van der Waals surface area contributed by atoms with E-state index in [1.807, 2.05) is 31.1 Å². The second-order valence-electron chi connectivity index (χ2n) is 3.93. The number of nitrogens with zero attached hydrogens (tertiary/aromatic N) is 1. The lowest BCUT2D eigenvalue weighted by Gasteiger charge is -2.15. The molecular weight excluding hydrogens is 270 g/mol. The normalized spacial score (nSPS) is 10.2. The lowest BCUT2D eigenvalue weighted by molar-refractivity contribution is -0.137. The molecule has 0 unspecified atom stereocenters. The minimum atomic E-state index is -0.732. The second-order valence-corrected chi connectivity index (χ2v) is 4.78. The summed E-state index contributed by atoms with van der Waals surface area (Å²) < 4.78 is 1.06. The summed E-state index contributed by atoms with van der Waals surface area (Å²) in [5, 5.41) is 8.56. The van der Waals surface area contributed by atoms with Crippen molar-refractivity contribution in [1.82, 2.24) is 0 Å². The maximum atomic E-state index is 10.4. The first kappa shape index (κ1) is 13.0. The minimum absolute atomic E-state index is 0.230. The van der Waals surface area contributed by atoms with E-state index in [0.29, 0.717) is 6.42 Å². The van der Waals surface area contributed by atoms with Crippen LogP contribution >= 0.6 is 15.9 Å². The molecule has 4 heteroatoms. The van der Waals surface area contributed by atoms with Crippen molar-refractivity contribution < 1.29 is 9.90 Å². The van der Waals surface area contributed by atoms with E-state index in [9.17, 15) is 4.79 Å². The summed E-state index contributed by atoms with van der Waals surface area (Å²) in [6.07, 6.45) is 1.72. The van der Waals surface area contributed by atoms with Crippen LogP contribution in [0.25, 0.3) is 0 Å². The van der Waals surface area contributed by atoms with Crippen LogP contribution in [0.15, 0.2) is 22.7 Å². The Hall–Kier alpha value is -1.03. The molecule has 0 radical (unpaired) electrons. The van der Waals surface area contributed by atoms with Crippen LogP contribution in [0.1, 0.15) is 18.4 Å². The number of anilines is 1. The van der Waals surface area contributed by atoms with Crippen LogP contribution in [-0.4, -0.2) is 25.2 Å². The standard InChI is InChI=1S/C12H16BrNO2/c1-14(2)11-8-9(6-7-10(11)13)4-3-5-12(15)16/h6-8H,3-5H2,1-2H3,(H,15,16). The summed E-state index contributed by atoms with van der Waals surface area (Å²) in [5.74, 6) is -0.732. The zero-order valence-electron chi connectivity index (χ0n) is 9.53. The monoisotopic (exact) mass is 285 g/mol. The van der Waals surface area contributed by atoms with Crippen LogP contribution < -0.4 is 4.90 Å². The molecule has 16 heavy (non-hydrogen) atoms. The van der Waals surface area contributed by atoms with Gasteiger partial charge in [-0.2, -0.15) is 0 Å². The summed E-state index contributed by atoms with van der Waals surface area (Å²) in [6, 6.07) is 6.12. The molecule has 1 aromatic carbocycles. The fraction of sp³-hybridized carbons (Fsp3) is 0.417. The average Bonchev–Trinajstić information content (AvgIpc) is 2.19. The minimum Gasteiger partial charge on any atom is -0.481 e. The number of benzene rings is 1. The van der Waals surface area contributed by atoms with E-state index in [4.69, 9.17) is 5.11 Å². The number of halogens is 1. The number of aryl methyl sites for hydroxylation is 1.